The predicted molar refractivity (Wildman–Crippen MR) is 74.3 cm³/mol. The van der Waals surface area contributed by atoms with Crippen molar-refractivity contribution in [1.82, 2.24) is 9.78 Å². The molecule has 0 saturated carbocycles. The molecule has 8 nitrogen and oxygen atoms in total. The van der Waals surface area contributed by atoms with E-state index in [9.17, 15) is 24.6 Å². The number of nitrogens with zero attached hydrogens (tertiary/aromatic N) is 4. The highest BCUT2D eigenvalue weighted by Crippen LogP contribution is 2.28. The summed E-state index contributed by atoms with van der Waals surface area (Å²) in [6, 6.07) is 7.11. The molecule has 0 unspecified atom stereocenters. The van der Waals surface area contributed by atoms with E-state index in [-0.39, 0.29) is 11.4 Å². The van der Waals surface area contributed by atoms with E-state index in [1.165, 1.54) is 35.1 Å². The van der Waals surface area contributed by atoms with E-state index in [0.717, 1.165) is 12.1 Å². The molecule has 0 aliphatic carbocycles. The minimum atomic E-state index is -0.752. The summed E-state index contributed by atoms with van der Waals surface area (Å²) >= 11 is 0. The monoisotopic (exact) mass is 302 g/mol. The summed E-state index contributed by atoms with van der Waals surface area (Å²) in [6.45, 7) is 0. The molecule has 1 aromatic heterocycles. The molecule has 0 N–H and O–H groups in total. The molecule has 0 atom stereocenters. The van der Waals surface area contributed by atoms with Gasteiger partial charge < -0.3 is 0 Å². The second-order valence-electron chi connectivity index (χ2n) is 4.45. The molecular formula is C13H7FN4O4. The van der Waals surface area contributed by atoms with Gasteiger partial charge in [0, 0.05) is 17.5 Å². The van der Waals surface area contributed by atoms with Gasteiger partial charge in [-0.25, -0.2) is 9.07 Å². The first kappa shape index (κ1) is 13.6. The van der Waals surface area contributed by atoms with Gasteiger partial charge in [-0.2, -0.15) is 5.10 Å². The van der Waals surface area contributed by atoms with Crippen LogP contribution in [0, 0.1) is 26.0 Å². The fourth-order valence-corrected chi connectivity index (χ4v) is 2.13. The number of aromatic nitrogens is 2. The molecule has 0 saturated heterocycles. The zero-order valence-electron chi connectivity index (χ0n) is 10.8. The normalized spacial score (nSPS) is 10.8. The van der Waals surface area contributed by atoms with Crippen LogP contribution in [0.3, 0.4) is 0 Å². The molecule has 0 fully saturated rings. The van der Waals surface area contributed by atoms with E-state index in [0.29, 0.717) is 10.9 Å². The van der Waals surface area contributed by atoms with Crippen LogP contribution in [0.5, 0.6) is 0 Å². The van der Waals surface area contributed by atoms with Crippen molar-refractivity contribution in [2.75, 3.05) is 0 Å². The molecule has 3 rings (SSSR count). The molecular weight excluding hydrogens is 295 g/mol. The number of hydrogen-bond acceptors (Lipinski definition) is 5. The number of nitro benzene ring substituents is 2. The summed E-state index contributed by atoms with van der Waals surface area (Å²) in [5.41, 5.74) is -0.290. The third-order valence-electron chi connectivity index (χ3n) is 3.13. The van der Waals surface area contributed by atoms with Gasteiger partial charge >= 0.3 is 0 Å². The fraction of sp³-hybridized carbons (Fsp3) is 0. The summed E-state index contributed by atoms with van der Waals surface area (Å²) in [7, 11) is 0. The van der Waals surface area contributed by atoms with Crippen LogP contribution in [-0.2, 0) is 0 Å². The van der Waals surface area contributed by atoms with Gasteiger partial charge in [0.1, 0.15) is 11.5 Å². The lowest BCUT2D eigenvalue weighted by molar-refractivity contribution is -0.385. The highest BCUT2D eigenvalue weighted by Gasteiger charge is 2.20. The Labute approximate surface area is 121 Å². The van der Waals surface area contributed by atoms with Crippen molar-refractivity contribution in [2.45, 2.75) is 0 Å². The highest BCUT2D eigenvalue weighted by molar-refractivity contribution is 5.83. The Bertz CT molecular complexity index is 922. The smallest absolute Gasteiger partial charge is 0.258 e. The molecule has 0 bridgehead atoms. The van der Waals surface area contributed by atoms with Crippen LogP contribution in [0.25, 0.3) is 16.6 Å². The van der Waals surface area contributed by atoms with E-state index in [2.05, 4.69) is 5.10 Å². The molecule has 1 heterocycles. The summed E-state index contributed by atoms with van der Waals surface area (Å²) in [5, 5.41) is 26.5. The van der Waals surface area contributed by atoms with E-state index < -0.39 is 21.4 Å². The Kier molecular flexibility index (Phi) is 3.02. The quantitative estimate of drug-likeness (QED) is 0.546. The Morgan fingerprint density at radius 2 is 1.82 bits per heavy atom. The average Bonchev–Trinajstić information content (AvgIpc) is 2.90. The van der Waals surface area contributed by atoms with Crippen molar-refractivity contribution < 1.29 is 14.2 Å². The Hall–Kier alpha value is -3.36. The predicted octanol–water partition coefficient (Wildman–Crippen LogP) is 2.98. The number of nitro groups is 2. The SMILES string of the molecule is O=[N+]([O-])c1ccc2cnn(-c3ccc(F)cc3[N+](=O)[O-])c2c1. The topological polar surface area (TPSA) is 104 Å². The maximum atomic E-state index is 13.2. The maximum Gasteiger partial charge on any atom is 0.297 e. The molecule has 0 spiro atoms. The van der Waals surface area contributed by atoms with Gasteiger partial charge in [0.15, 0.2) is 0 Å². The van der Waals surface area contributed by atoms with Gasteiger partial charge in [-0.3, -0.25) is 20.2 Å². The minimum Gasteiger partial charge on any atom is -0.258 e. The summed E-state index contributed by atoms with van der Waals surface area (Å²) in [5.74, 6) is -0.752. The van der Waals surface area contributed by atoms with E-state index in [4.69, 9.17) is 0 Å². The first-order chi connectivity index (χ1) is 10.5. The lowest BCUT2D eigenvalue weighted by Gasteiger charge is -2.04. The van der Waals surface area contributed by atoms with Crippen molar-refractivity contribution in [1.29, 1.82) is 0 Å². The van der Waals surface area contributed by atoms with Crippen molar-refractivity contribution >= 4 is 22.3 Å². The second kappa shape index (κ2) is 4.88. The van der Waals surface area contributed by atoms with E-state index in [1.54, 1.807) is 0 Å². The fourth-order valence-electron chi connectivity index (χ4n) is 2.13. The highest BCUT2D eigenvalue weighted by atomic mass is 19.1. The number of halogens is 1. The molecule has 0 radical (unpaired) electrons. The first-order valence-corrected chi connectivity index (χ1v) is 6.04. The van der Waals surface area contributed by atoms with Crippen LogP contribution in [0.1, 0.15) is 0 Å². The van der Waals surface area contributed by atoms with Gasteiger partial charge in [-0.15, -0.1) is 0 Å². The molecule has 0 aliphatic heterocycles. The molecule has 2 aromatic carbocycles. The molecule has 0 aliphatic rings. The molecule has 22 heavy (non-hydrogen) atoms. The van der Waals surface area contributed by atoms with Crippen molar-refractivity contribution in [3.05, 3.63) is 68.6 Å². The summed E-state index contributed by atoms with van der Waals surface area (Å²) in [4.78, 5) is 20.6. The van der Waals surface area contributed by atoms with Crippen LogP contribution in [0.2, 0.25) is 0 Å². The average molecular weight is 302 g/mol. The number of non-ortho nitro benzene ring substituents is 1. The zero-order valence-corrected chi connectivity index (χ0v) is 10.8. The first-order valence-electron chi connectivity index (χ1n) is 6.04. The van der Waals surface area contributed by atoms with Crippen molar-refractivity contribution in [3.63, 3.8) is 0 Å². The lowest BCUT2D eigenvalue weighted by Crippen LogP contribution is -2.02. The number of fused-ring (bicyclic) bond motifs is 1. The Morgan fingerprint density at radius 1 is 1.05 bits per heavy atom. The van der Waals surface area contributed by atoms with Crippen LogP contribution in [-0.4, -0.2) is 19.6 Å². The number of benzene rings is 2. The van der Waals surface area contributed by atoms with Gasteiger partial charge in [0.25, 0.3) is 11.4 Å². The third kappa shape index (κ3) is 2.14. The molecule has 9 heteroatoms. The van der Waals surface area contributed by atoms with Gasteiger partial charge in [0.2, 0.25) is 0 Å². The second-order valence-corrected chi connectivity index (χ2v) is 4.45. The number of hydrogen-bond donors (Lipinski definition) is 0. The minimum absolute atomic E-state index is 0.0295. The van der Waals surface area contributed by atoms with Gasteiger partial charge in [0.05, 0.1) is 27.6 Å². The van der Waals surface area contributed by atoms with E-state index in [1.807, 2.05) is 0 Å². The molecule has 0 amide bonds. The standard InChI is InChI=1S/C13H7FN4O4/c14-9-2-4-11(13(5-9)18(21)22)16-12-6-10(17(19)20)3-1-8(12)7-15-16/h1-7H. The van der Waals surface area contributed by atoms with Crippen LogP contribution < -0.4 is 0 Å². The Balaban J connectivity index is 2.29. The Morgan fingerprint density at radius 3 is 2.50 bits per heavy atom. The maximum absolute atomic E-state index is 13.2. The number of rotatable bonds is 3. The summed E-state index contributed by atoms with van der Waals surface area (Å²) < 4.78 is 14.4. The van der Waals surface area contributed by atoms with Crippen molar-refractivity contribution in [3.8, 4) is 5.69 Å². The van der Waals surface area contributed by atoms with Crippen LogP contribution in [0.4, 0.5) is 15.8 Å². The molecule has 3 aromatic rings. The largest absolute Gasteiger partial charge is 0.297 e. The summed E-state index contributed by atoms with van der Waals surface area (Å²) in [6.07, 6.45) is 1.42. The third-order valence-corrected chi connectivity index (χ3v) is 3.13. The lowest BCUT2D eigenvalue weighted by atomic mass is 10.2. The van der Waals surface area contributed by atoms with E-state index >= 15 is 0 Å². The van der Waals surface area contributed by atoms with Gasteiger partial charge in [-0.05, 0) is 18.2 Å². The van der Waals surface area contributed by atoms with Crippen molar-refractivity contribution in [2.24, 2.45) is 0 Å². The van der Waals surface area contributed by atoms with Gasteiger partial charge in [-0.1, -0.05) is 0 Å². The zero-order chi connectivity index (χ0) is 15.9. The van der Waals surface area contributed by atoms with Crippen LogP contribution in [0.15, 0.2) is 42.6 Å². The van der Waals surface area contributed by atoms with Crippen LogP contribution >= 0.6 is 0 Å². The molecule has 110 valence electrons.